The van der Waals surface area contributed by atoms with Crippen molar-refractivity contribution in [1.82, 2.24) is 20.2 Å². The van der Waals surface area contributed by atoms with Crippen LogP contribution in [0.1, 0.15) is 24.2 Å². The van der Waals surface area contributed by atoms with Crippen molar-refractivity contribution in [3.63, 3.8) is 0 Å². The second kappa shape index (κ2) is 7.61. The number of hydrogen-bond donors (Lipinski definition) is 1. The van der Waals surface area contributed by atoms with Gasteiger partial charge in [-0.15, -0.1) is 0 Å². The van der Waals surface area contributed by atoms with Gasteiger partial charge in [0.1, 0.15) is 11.6 Å². The maximum atomic E-state index is 12.3. The van der Waals surface area contributed by atoms with Crippen LogP contribution in [0, 0.1) is 6.92 Å². The van der Waals surface area contributed by atoms with Crippen molar-refractivity contribution in [2.24, 2.45) is 0 Å². The molecule has 6 nitrogen and oxygen atoms in total. The van der Waals surface area contributed by atoms with Gasteiger partial charge in [0.25, 0.3) is 0 Å². The van der Waals surface area contributed by atoms with Gasteiger partial charge in [-0.3, -0.25) is 0 Å². The average Bonchev–Trinajstić information content (AvgIpc) is 3.14. The molecule has 2 amide bonds. The third-order valence-electron chi connectivity index (χ3n) is 4.32. The second-order valence-electron chi connectivity index (χ2n) is 6.08. The van der Waals surface area contributed by atoms with Crippen LogP contribution in [0.5, 0.6) is 0 Å². The smallest absolute Gasteiger partial charge is 0.317 e. The number of piperazine rings is 1. The number of carbonyl (C=O) groups is 1. The van der Waals surface area contributed by atoms with Crippen LogP contribution in [0.3, 0.4) is 0 Å². The second-order valence-corrected chi connectivity index (χ2v) is 6.86. The first-order chi connectivity index (χ1) is 11.6. The Hall–Kier alpha value is -2.15. The van der Waals surface area contributed by atoms with Crippen molar-refractivity contribution < 1.29 is 4.79 Å². The molecule has 3 heterocycles. The van der Waals surface area contributed by atoms with Crippen LogP contribution in [0.25, 0.3) is 0 Å². The molecule has 3 rings (SSSR count). The molecule has 1 saturated heterocycles. The highest BCUT2D eigenvalue weighted by Gasteiger charge is 2.22. The van der Waals surface area contributed by atoms with E-state index in [4.69, 9.17) is 0 Å². The number of rotatable bonds is 4. The van der Waals surface area contributed by atoms with E-state index in [0.29, 0.717) is 25.6 Å². The van der Waals surface area contributed by atoms with Crippen LogP contribution in [0.15, 0.2) is 29.1 Å². The standard InChI is InChI=1S/C17H23N5OS/c1-13(15-4-10-24-12-15)11-19-17(23)22-8-6-21(7-9-22)16-3-5-18-14(2)20-16/h3-5,10,12-13H,6-9,11H2,1-2H3,(H,19,23)/t13-/m1/s1. The van der Waals surface area contributed by atoms with Gasteiger partial charge in [0.05, 0.1) is 0 Å². The Kier molecular flexibility index (Phi) is 5.30. The number of amides is 2. The van der Waals surface area contributed by atoms with E-state index >= 15 is 0 Å². The van der Waals surface area contributed by atoms with E-state index in [-0.39, 0.29) is 6.03 Å². The molecule has 7 heteroatoms. The van der Waals surface area contributed by atoms with E-state index in [2.05, 4.69) is 43.9 Å². The molecular formula is C17H23N5OS. The van der Waals surface area contributed by atoms with Gasteiger partial charge in [-0.2, -0.15) is 11.3 Å². The summed E-state index contributed by atoms with van der Waals surface area (Å²) in [6, 6.07) is 4.06. The number of nitrogens with one attached hydrogen (secondary N) is 1. The van der Waals surface area contributed by atoms with E-state index < -0.39 is 0 Å². The molecule has 0 bridgehead atoms. The molecule has 1 aliphatic heterocycles. The predicted octanol–water partition coefficient (Wildman–Crippen LogP) is 2.48. The monoisotopic (exact) mass is 345 g/mol. The minimum Gasteiger partial charge on any atom is -0.353 e. The van der Waals surface area contributed by atoms with Crippen molar-refractivity contribution in [1.29, 1.82) is 0 Å². The summed E-state index contributed by atoms with van der Waals surface area (Å²) in [5.41, 5.74) is 1.28. The lowest BCUT2D eigenvalue weighted by Gasteiger charge is -2.35. The van der Waals surface area contributed by atoms with Crippen molar-refractivity contribution in [2.75, 3.05) is 37.6 Å². The molecule has 0 radical (unpaired) electrons. The minimum atomic E-state index is 0.0237. The van der Waals surface area contributed by atoms with Gasteiger partial charge in [0.15, 0.2) is 0 Å². The summed E-state index contributed by atoms with van der Waals surface area (Å²) in [6.07, 6.45) is 1.78. The zero-order valence-electron chi connectivity index (χ0n) is 14.1. The lowest BCUT2D eigenvalue weighted by molar-refractivity contribution is 0.193. The fourth-order valence-corrected chi connectivity index (χ4v) is 3.57. The Labute approximate surface area is 146 Å². The van der Waals surface area contributed by atoms with Gasteiger partial charge in [0.2, 0.25) is 0 Å². The summed E-state index contributed by atoms with van der Waals surface area (Å²) in [6.45, 7) is 7.71. The highest BCUT2D eigenvalue weighted by Crippen LogP contribution is 2.17. The molecule has 0 spiro atoms. The number of urea groups is 1. The van der Waals surface area contributed by atoms with E-state index in [9.17, 15) is 4.79 Å². The summed E-state index contributed by atoms with van der Waals surface area (Å²) in [4.78, 5) is 25.0. The number of nitrogens with zero attached hydrogens (tertiary/aromatic N) is 4. The van der Waals surface area contributed by atoms with Gasteiger partial charge in [-0.25, -0.2) is 14.8 Å². The molecule has 0 unspecified atom stereocenters. The molecule has 0 aliphatic carbocycles. The first kappa shape index (κ1) is 16.7. The first-order valence-corrected chi connectivity index (χ1v) is 9.17. The Balaban J connectivity index is 1.46. The highest BCUT2D eigenvalue weighted by molar-refractivity contribution is 7.07. The van der Waals surface area contributed by atoms with Crippen LogP contribution in [-0.2, 0) is 0 Å². The molecule has 0 saturated carbocycles. The Morgan fingerprint density at radius 1 is 1.33 bits per heavy atom. The largest absolute Gasteiger partial charge is 0.353 e. The maximum absolute atomic E-state index is 12.3. The molecule has 2 aromatic heterocycles. The lowest BCUT2D eigenvalue weighted by Crippen LogP contribution is -2.52. The Morgan fingerprint density at radius 2 is 2.12 bits per heavy atom. The number of carbonyl (C=O) groups excluding carboxylic acids is 1. The molecule has 1 N–H and O–H groups in total. The van der Waals surface area contributed by atoms with Gasteiger partial charge in [-0.1, -0.05) is 6.92 Å². The summed E-state index contributed by atoms with van der Waals surface area (Å²) < 4.78 is 0. The van der Waals surface area contributed by atoms with Crippen LogP contribution >= 0.6 is 11.3 Å². The number of aryl methyl sites for hydroxylation is 1. The zero-order valence-corrected chi connectivity index (χ0v) is 14.9. The quantitative estimate of drug-likeness (QED) is 0.925. The zero-order chi connectivity index (χ0) is 16.9. The van der Waals surface area contributed by atoms with Crippen LogP contribution in [0.2, 0.25) is 0 Å². The van der Waals surface area contributed by atoms with E-state index in [1.165, 1.54) is 5.56 Å². The molecule has 128 valence electrons. The Morgan fingerprint density at radius 3 is 2.79 bits per heavy atom. The third-order valence-corrected chi connectivity index (χ3v) is 5.03. The average molecular weight is 345 g/mol. The minimum absolute atomic E-state index is 0.0237. The molecule has 1 atom stereocenters. The van der Waals surface area contributed by atoms with E-state index in [0.717, 1.165) is 24.7 Å². The van der Waals surface area contributed by atoms with Crippen molar-refractivity contribution in [3.05, 3.63) is 40.5 Å². The summed E-state index contributed by atoms with van der Waals surface area (Å²) in [7, 11) is 0. The number of hydrogen-bond acceptors (Lipinski definition) is 5. The number of thiophene rings is 1. The third kappa shape index (κ3) is 4.03. The van der Waals surface area contributed by atoms with Crippen molar-refractivity contribution >= 4 is 23.2 Å². The van der Waals surface area contributed by atoms with Gasteiger partial charge in [-0.05, 0) is 41.3 Å². The highest BCUT2D eigenvalue weighted by atomic mass is 32.1. The number of anilines is 1. The molecule has 2 aromatic rings. The predicted molar refractivity (Wildman–Crippen MR) is 96.7 cm³/mol. The summed E-state index contributed by atoms with van der Waals surface area (Å²) in [5, 5.41) is 7.26. The molecule has 24 heavy (non-hydrogen) atoms. The molecule has 0 aromatic carbocycles. The lowest BCUT2D eigenvalue weighted by atomic mass is 10.1. The maximum Gasteiger partial charge on any atom is 0.317 e. The topological polar surface area (TPSA) is 61.4 Å². The number of aromatic nitrogens is 2. The Bertz CT molecular complexity index is 667. The van der Waals surface area contributed by atoms with Gasteiger partial charge in [0, 0.05) is 38.9 Å². The first-order valence-electron chi connectivity index (χ1n) is 8.23. The SMILES string of the molecule is Cc1nccc(N2CCN(C(=O)NC[C@@H](C)c3ccsc3)CC2)n1. The van der Waals surface area contributed by atoms with Gasteiger partial charge >= 0.3 is 6.03 Å². The molecular weight excluding hydrogens is 322 g/mol. The van der Waals surface area contributed by atoms with E-state index in [1.807, 2.05) is 17.9 Å². The van der Waals surface area contributed by atoms with Crippen LogP contribution in [0.4, 0.5) is 10.6 Å². The van der Waals surface area contributed by atoms with Crippen LogP contribution in [-0.4, -0.2) is 53.6 Å². The van der Waals surface area contributed by atoms with Crippen molar-refractivity contribution in [3.8, 4) is 0 Å². The molecule has 1 fully saturated rings. The fourth-order valence-electron chi connectivity index (χ4n) is 2.78. The normalized spacial score (nSPS) is 16.1. The van der Waals surface area contributed by atoms with Gasteiger partial charge < -0.3 is 15.1 Å². The fraction of sp³-hybridized carbons (Fsp3) is 0.471. The van der Waals surface area contributed by atoms with Crippen LogP contribution < -0.4 is 10.2 Å². The molecule has 1 aliphatic rings. The van der Waals surface area contributed by atoms with E-state index in [1.54, 1.807) is 17.5 Å². The van der Waals surface area contributed by atoms with Crippen molar-refractivity contribution in [2.45, 2.75) is 19.8 Å². The summed E-state index contributed by atoms with van der Waals surface area (Å²) >= 11 is 1.69. The summed E-state index contributed by atoms with van der Waals surface area (Å²) in [5.74, 6) is 2.05.